The second-order valence-corrected chi connectivity index (χ2v) is 4.03. The van der Waals surface area contributed by atoms with Crippen LogP contribution in [0.25, 0.3) is 0 Å². The van der Waals surface area contributed by atoms with Crippen LogP contribution >= 0.6 is 0 Å². The molecular formula is C11H17NO2. The number of phenols is 1. The van der Waals surface area contributed by atoms with Gasteiger partial charge in [0.1, 0.15) is 0 Å². The lowest BCUT2D eigenvalue weighted by Gasteiger charge is -2.23. The Kier molecular flexibility index (Phi) is 2.71. The Morgan fingerprint density at radius 1 is 1.36 bits per heavy atom. The average molecular weight is 195 g/mol. The van der Waals surface area contributed by atoms with Gasteiger partial charge in [0.15, 0.2) is 11.5 Å². The minimum Gasteiger partial charge on any atom is -0.504 e. The van der Waals surface area contributed by atoms with E-state index in [4.69, 9.17) is 10.5 Å². The summed E-state index contributed by atoms with van der Waals surface area (Å²) in [5, 5.41) is 9.90. The normalized spacial score (nSPS) is 11.5. The number of aromatic hydroxyl groups is 1. The Bertz CT molecular complexity index is 340. The highest BCUT2D eigenvalue weighted by Gasteiger charge is 2.23. The van der Waals surface area contributed by atoms with E-state index in [1.807, 2.05) is 26.8 Å². The number of methoxy groups -OCH3 is 1. The zero-order chi connectivity index (χ0) is 10.9. The molecule has 0 saturated heterocycles. The van der Waals surface area contributed by atoms with Crippen molar-refractivity contribution in [1.29, 1.82) is 0 Å². The number of nitrogens with two attached hydrogens (primary N) is 1. The van der Waals surface area contributed by atoms with Gasteiger partial charge in [-0.1, -0.05) is 6.07 Å². The van der Waals surface area contributed by atoms with Crippen LogP contribution in [0.4, 0.5) is 0 Å². The summed E-state index contributed by atoms with van der Waals surface area (Å²) < 4.78 is 5.03. The second-order valence-electron chi connectivity index (χ2n) is 4.03. The van der Waals surface area contributed by atoms with Gasteiger partial charge in [-0.25, -0.2) is 0 Å². The molecule has 1 rings (SSSR count). The van der Waals surface area contributed by atoms with Crippen LogP contribution < -0.4 is 10.5 Å². The largest absolute Gasteiger partial charge is 0.504 e. The van der Waals surface area contributed by atoms with Crippen LogP contribution in [-0.2, 0) is 5.54 Å². The van der Waals surface area contributed by atoms with Crippen LogP contribution in [0.1, 0.15) is 25.0 Å². The van der Waals surface area contributed by atoms with Gasteiger partial charge in [0.25, 0.3) is 0 Å². The molecule has 0 spiro atoms. The Labute approximate surface area is 84.5 Å². The van der Waals surface area contributed by atoms with Crippen molar-refractivity contribution in [1.82, 2.24) is 0 Å². The topological polar surface area (TPSA) is 55.5 Å². The fourth-order valence-corrected chi connectivity index (χ4v) is 1.65. The third-order valence-corrected chi connectivity index (χ3v) is 2.21. The average Bonchev–Trinajstić information content (AvgIpc) is 2.02. The van der Waals surface area contributed by atoms with Gasteiger partial charge in [-0.05, 0) is 32.4 Å². The minimum absolute atomic E-state index is 0.139. The van der Waals surface area contributed by atoms with E-state index in [0.29, 0.717) is 5.75 Å². The molecule has 1 aromatic rings. The summed E-state index contributed by atoms with van der Waals surface area (Å²) in [7, 11) is 1.53. The van der Waals surface area contributed by atoms with Gasteiger partial charge in [-0.2, -0.15) is 0 Å². The molecule has 0 atom stereocenters. The summed E-state index contributed by atoms with van der Waals surface area (Å²) in [4.78, 5) is 0. The molecule has 1 aromatic carbocycles. The molecule has 0 aromatic heterocycles. The number of rotatable bonds is 2. The standard InChI is InChI=1S/C11H17NO2/c1-7-5-6-8(14-4)10(13)9(7)11(2,3)12/h5-6,13H,12H2,1-4H3. The zero-order valence-electron chi connectivity index (χ0n) is 9.09. The summed E-state index contributed by atoms with van der Waals surface area (Å²) in [6.07, 6.45) is 0. The summed E-state index contributed by atoms with van der Waals surface area (Å²) in [5.74, 6) is 0.601. The number of aryl methyl sites for hydroxylation is 1. The molecule has 0 heterocycles. The van der Waals surface area contributed by atoms with Crippen molar-refractivity contribution in [3.63, 3.8) is 0 Å². The minimum atomic E-state index is -0.567. The number of phenolic OH excluding ortho intramolecular Hbond substituents is 1. The van der Waals surface area contributed by atoms with Crippen molar-refractivity contribution in [3.05, 3.63) is 23.3 Å². The first kappa shape index (κ1) is 10.9. The van der Waals surface area contributed by atoms with Gasteiger partial charge in [-0.3, -0.25) is 0 Å². The summed E-state index contributed by atoms with van der Waals surface area (Å²) >= 11 is 0. The summed E-state index contributed by atoms with van der Waals surface area (Å²) in [6.45, 7) is 5.63. The van der Waals surface area contributed by atoms with Gasteiger partial charge in [-0.15, -0.1) is 0 Å². The lowest BCUT2D eigenvalue weighted by Crippen LogP contribution is -2.29. The van der Waals surface area contributed by atoms with Crippen molar-refractivity contribution in [2.24, 2.45) is 5.73 Å². The Balaban J connectivity index is 3.40. The molecule has 0 amide bonds. The van der Waals surface area contributed by atoms with Gasteiger partial charge >= 0.3 is 0 Å². The molecule has 0 aliphatic carbocycles. The van der Waals surface area contributed by atoms with Crippen LogP contribution in [0.2, 0.25) is 0 Å². The Morgan fingerprint density at radius 2 is 1.93 bits per heavy atom. The molecule has 14 heavy (non-hydrogen) atoms. The predicted molar refractivity (Wildman–Crippen MR) is 56.6 cm³/mol. The zero-order valence-corrected chi connectivity index (χ0v) is 9.09. The smallest absolute Gasteiger partial charge is 0.163 e. The van der Waals surface area contributed by atoms with Crippen LogP contribution in [0, 0.1) is 6.92 Å². The maximum Gasteiger partial charge on any atom is 0.163 e. The molecule has 3 nitrogen and oxygen atoms in total. The third kappa shape index (κ3) is 1.82. The van der Waals surface area contributed by atoms with Crippen LogP contribution in [0.15, 0.2) is 12.1 Å². The molecular weight excluding hydrogens is 178 g/mol. The van der Waals surface area contributed by atoms with Gasteiger partial charge < -0.3 is 15.6 Å². The van der Waals surface area contributed by atoms with E-state index in [2.05, 4.69) is 0 Å². The maximum atomic E-state index is 9.90. The summed E-state index contributed by atoms with van der Waals surface area (Å²) in [5.41, 5.74) is 7.10. The molecule has 0 aliphatic heterocycles. The van der Waals surface area contributed by atoms with E-state index in [9.17, 15) is 5.11 Å². The van der Waals surface area contributed by atoms with Gasteiger partial charge in [0.2, 0.25) is 0 Å². The first-order chi connectivity index (χ1) is 6.38. The molecule has 78 valence electrons. The molecule has 0 aliphatic rings. The fourth-order valence-electron chi connectivity index (χ4n) is 1.65. The van der Waals surface area contributed by atoms with E-state index in [1.54, 1.807) is 6.07 Å². The van der Waals surface area contributed by atoms with E-state index >= 15 is 0 Å². The molecule has 0 fully saturated rings. The number of hydrogen-bond acceptors (Lipinski definition) is 3. The second kappa shape index (κ2) is 3.50. The quantitative estimate of drug-likeness (QED) is 0.757. The van der Waals surface area contributed by atoms with E-state index in [0.717, 1.165) is 11.1 Å². The molecule has 0 bridgehead atoms. The van der Waals surface area contributed by atoms with Crippen molar-refractivity contribution in [2.75, 3.05) is 7.11 Å². The Hall–Kier alpha value is -1.22. The van der Waals surface area contributed by atoms with Crippen molar-refractivity contribution < 1.29 is 9.84 Å². The molecule has 0 unspecified atom stereocenters. The van der Waals surface area contributed by atoms with Crippen LogP contribution in [0.5, 0.6) is 11.5 Å². The van der Waals surface area contributed by atoms with E-state index in [-0.39, 0.29) is 5.75 Å². The first-order valence-corrected chi connectivity index (χ1v) is 4.54. The number of benzene rings is 1. The fraction of sp³-hybridized carbons (Fsp3) is 0.455. The third-order valence-electron chi connectivity index (χ3n) is 2.21. The number of ether oxygens (including phenoxy) is 1. The molecule has 0 radical (unpaired) electrons. The van der Waals surface area contributed by atoms with Crippen LogP contribution in [0.3, 0.4) is 0 Å². The lowest BCUT2D eigenvalue weighted by molar-refractivity contribution is 0.362. The van der Waals surface area contributed by atoms with Crippen molar-refractivity contribution >= 4 is 0 Å². The van der Waals surface area contributed by atoms with Gasteiger partial charge in [0, 0.05) is 11.1 Å². The molecule has 3 N–H and O–H groups in total. The highest BCUT2D eigenvalue weighted by Crippen LogP contribution is 2.37. The highest BCUT2D eigenvalue weighted by atomic mass is 16.5. The number of hydrogen-bond donors (Lipinski definition) is 2. The molecule has 3 heteroatoms. The lowest BCUT2D eigenvalue weighted by atomic mass is 9.90. The highest BCUT2D eigenvalue weighted by molar-refractivity contribution is 5.52. The summed E-state index contributed by atoms with van der Waals surface area (Å²) in [6, 6.07) is 3.63. The van der Waals surface area contributed by atoms with E-state index < -0.39 is 5.54 Å². The Morgan fingerprint density at radius 3 is 2.36 bits per heavy atom. The van der Waals surface area contributed by atoms with Crippen molar-refractivity contribution in [3.8, 4) is 11.5 Å². The van der Waals surface area contributed by atoms with E-state index in [1.165, 1.54) is 7.11 Å². The monoisotopic (exact) mass is 195 g/mol. The van der Waals surface area contributed by atoms with Crippen molar-refractivity contribution in [2.45, 2.75) is 26.3 Å². The van der Waals surface area contributed by atoms with Crippen LogP contribution in [-0.4, -0.2) is 12.2 Å². The predicted octanol–water partition coefficient (Wildman–Crippen LogP) is 1.90. The maximum absolute atomic E-state index is 9.90. The van der Waals surface area contributed by atoms with Gasteiger partial charge in [0.05, 0.1) is 7.11 Å². The molecule has 0 saturated carbocycles. The first-order valence-electron chi connectivity index (χ1n) is 4.54. The SMILES string of the molecule is COc1ccc(C)c(C(C)(C)N)c1O.